The highest BCUT2D eigenvalue weighted by atomic mass is 16.5. The van der Waals surface area contributed by atoms with Gasteiger partial charge in [-0.1, -0.05) is 41.6 Å². The molecule has 5 aromatic rings. The van der Waals surface area contributed by atoms with E-state index in [0.717, 1.165) is 44.3 Å². The summed E-state index contributed by atoms with van der Waals surface area (Å²) in [6, 6.07) is 17.8. The van der Waals surface area contributed by atoms with Crippen molar-refractivity contribution in [2.75, 3.05) is 0 Å². The Hall–Kier alpha value is -3.60. The minimum Gasteiger partial charge on any atom is -0.364 e. The molecule has 5 rings (SSSR count). The van der Waals surface area contributed by atoms with Gasteiger partial charge in [-0.2, -0.15) is 0 Å². The molecule has 5 nitrogen and oxygen atoms in total. The number of nitrogens with one attached hydrogen (secondary N) is 2. The Morgan fingerprint density at radius 2 is 1.77 bits per heavy atom. The van der Waals surface area contributed by atoms with Gasteiger partial charge in [-0.15, -0.1) is 0 Å². The zero-order chi connectivity index (χ0) is 17.7. The van der Waals surface area contributed by atoms with Gasteiger partial charge in [-0.3, -0.25) is 4.79 Å². The van der Waals surface area contributed by atoms with E-state index in [1.807, 2.05) is 61.5 Å². The summed E-state index contributed by atoms with van der Waals surface area (Å²) in [5.41, 5.74) is 6.94. The standard InChI is InChI=1S/C21H15N3O2/c1-12-18(14-6-4-5-13(11-14)16-9-10-26-24-16)20-19(23-21(12)25)15-7-2-3-8-17(15)22-20/h2-11,22H,1H3,(H,23,25). The van der Waals surface area contributed by atoms with Gasteiger partial charge in [0.15, 0.2) is 0 Å². The predicted molar refractivity (Wildman–Crippen MR) is 102 cm³/mol. The Morgan fingerprint density at radius 1 is 0.923 bits per heavy atom. The third-order valence-electron chi connectivity index (χ3n) is 4.80. The molecule has 0 aliphatic heterocycles. The predicted octanol–water partition coefficient (Wildman–Crippen LogP) is 4.64. The summed E-state index contributed by atoms with van der Waals surface area (Å²) in [6.07, 6.45) is 1.55. The normalized spacial score (nSPS) is 11.4. The molecular weight excluding hydrogens is 326 g/mol. The van der Waals surface area contributed by atoms with Crippen molar-refractivity contribution in [3.05, 3.63) is 76.8 Å². The first-order valence-electron chi connectivity index (χ1n) is 8.37. The van der Waals surface area contributed by atoms with E-state index in [-0.39, 0.29) is 5.56 Å². The molecule has 126 valence electrons. The second kappa shape index (κ2) is 5.46. The molecule has 0 fully saturated rings. The summed E-state index contributed by atoms with van der Waals surface area (Å²) >= 11 is 0. The lowest BCUT2D eigenvalue weighted by molar-refractivity contribution is 0.422. The number of H-pyrrole nitrogens is 2. The summed E-state index contributed by atoms with van der Waals surface area (Å²) < 4.78 is 4.96. The van der Waals surface area contributed by atoms with Crippen LogP contribution >= 0.6 is 0 Å². The number of nitrogens with zero attached hydrogens (tertiary/aromatic N) is 1. The van der Waals surface area contributed by atoms with E-state index < -0.39 is 0 Å². The maximum absolute atomic E-state index is 12.6. The first-order chi connectivity index (χ1) is 12.7. The van der Waals surface area contributed by atoms with Gasteiger partial charge in [0.25, 0.3) is 5.56 Å². The lowest BCUT2D eigenvalue weighted by Gasteiger charge is -2.09. The average Bonchev–Trinajstić information content (AvgIpc) is 3.31. The summed E-state index contributed by atoms with van der Waals surface area (Å²) in [5, 5.41) is 5.02. The minimum absolute atomic E-state index is 0.0795. The smallest absolute Gasteiger partial charge is 0.252 e. The second-order valence-corrected chi connectivity index (χ2v) is 6.34. The molecule has 0 saturated carbocycles. The van der Waals surface area contributed by atoms with Gasteiger partial charge in [-0.25, -0.2) is 0 Å². The zero-order valence-corrected chi connectivity index (χ0v) is 14.0. The molecule has 26 heavy (non-hydrogen) atoms. The van der Waals surface area contributed by atoms with Crippen LogP contribution in [0.25, 0.3) is 44.3 Å². The summed E-state index contributed by atoms with van der Waals surface area (Å²) in [5.74, 6) is 0. The maximum Gasteiger partial charge on any atom is 0.252 e. The third-order valence-corrected chi connectivity index (χ3v) is 4.80. The maximum atomic E-state index is 12.6. The van der Waals surface area contributed by atoms with Crippen LogP contribution in [-0.4, -0.2) is 15.1 Å². The molecule has 0 atom stereocenters. The number of aromatic amines is 2. The van der Waals surface area contributed by atoms with Crippen molar-refractivity contribution in [2.24, 2.45) is 0 Å². The largest absolute Gasteiger partial charge is 0.364 e. The molecule has 0 radical (unpaired) electrons. The van der Waals surface area contributed by atoms with Crippen molar-refractivity contribution < 1.29 is 4.52 Å². The fourth-order valence-electron chi connectivity index (χ4n) is 3.52. The fraction of sp³-hybridized carbons (Fsp3) is 0.0476. The highest BCUT2D eigenvalue weighted by molar-refractivity contribution is 6.10. The number of aromatic nitrogens is 3. The molecule has 3 heterocycles. The van der Waals surface area contributed by atoms with Crippen molar-refractivity contribution in [3.63, 3.8) is 0 Å². The van der Waals surface area contributed by atoms with Crippen molar-refractivity contribution in [3.8, 4) is 22.4 Å². The van der Waals surface area contributed by atoms with Crippen LogP contribution in [0.2, 0.25) is 0 Å². The van der Waals surface area contributed by atoms with Gasteiger partial charge < -0.3 is 14.5 Å². The van der Waals surface area contributed by atoms with E-state index in [0.29, 0.717) is 5.56 Å². The number of pyridine rings is 1. The van der Waals surface area contributed by atoms with Gasteiger partial charge in [0.05, 0.1) is 11.0 Å². The van der Waals surface area contributed by atoms with E-state index >= 15 is 0 Å². The third kappa shape index (κ3) is 2.10. The molecule has 0 bridgehead atoms. The first-order valence-corrected chi connectivity index (χ1v) is 8.37. The highest BCUT2D eigenvalue weighted by Gasteiger charge is 2.16. The van der Waals surface area contributed by atoms with E-state index in [1.54, 1.807) is 6.26 Å². The monoisotopic (exact) mass is 341 g/mol. The number of rotatable bonds is 2. The first kappa shape index (κ1) is 14.7. The van der Waals surface area contributed by atoms with Gasteiger partial charge in [0.2, 0.25) is 0 Å². The summed E-state index contributed by atoms with van der Waals surface area (Å²) in [4.78, 5) is 19.1. The number of benzene rings is 2. The SMILES string of the molecule is Cc1c(-c2cccc(-c3ccon3)c2)c2[nH]c3ccccc3c2[nH]c1=O. The van der Waals surface area contributed by atoms with Crippen LogP contribution < -0.4 is 5.56 Å². The van der Waals surface area contributed by atoms with Gasteiger partial charge in [0.1, 0.15) is 12.0 Å². The number of hydrogen-bond acceptors (Lipinski definition) is 3. The number of fused-ring (bicyclic) bond motifs is 3. The molecule has 0 spiro atoms. The molecular formula is C21H15N3O2. The van der Waals surface area contributed by atoms with Crippen molar-refractivity contribution in [1.82, 2.24) is 15.1 Å². The van der Waals surface area contributed by atoms with E-state index in [4.69, 9.17) is 4.52 Å². The lowest BCUT2D eigenvalue weighted by Crippen LogP contribution is -2.10. The quantitative estimate of drug-likeness (QED) is 0.491. The van der Waals surface area contributed by atoms with Crippen molar-refractivity contribution >= 4 is 21.9 Å². The Balaban J connectivity index is 1.86. The van der Waals surface area contributed by atoms with Gasteiger partial charge in [0, 0.05) is 33.7 Å². The van der Waals surface area contributed by atoms with Crippen LogP contribution in [0.3, 0.4) is 0 Å². The number of para-hydroxylation sites is 1. The molecule has 2 aromatic carbocycles. The topological polar surface area (TPSA) is 74.7 Å². The summed E-state index contributed by atoms with van der Waals surface area (Å²) in [7, 11) is 0. The van der Waals surface area contributed by atoms with Crippen LogP contribution in [0.1, 0.15) is 5.56 Å². The van der Waals surface area contributed by atoms with Crippen molar-refractivity contribution in [2.45, 2.75) is 6.92 Å². The average molecular weight is 341 g/mol. The Bertz CT molecular complexity index is 1310. The van der Waals surface area contributed by atoms with Crippen LogP contribution in [0.5, 0.6) is 0 Å². The fourth-order valence-corrected chi connectivity index (χ4v) is 3.52. The minimum atomic E-state index is -0.0795. The van der Waals surface area contributed by atoms with Crippen molar-refractivity contribution in [1.29, 1.82) is 0 Å². The molecule has 0 unspecified atom stereocenters. The Morgan fingerprint density at radius 3 is 2.62 bits per heavy atom. The van der Waals surface area contributed by atoms with Crippen LogP contribution in [0.4, 0.5) is 0 Å². The Kier molecular flexibility index (Phi) is 3.09. The van der Waals surface area contributed by atoms with Crippen LogP contribution in [0.15, 0.2) is 70.2 Å². The summed E-state index contributed by atoms with van der Waals surface area (Å²) in [6.45, 7) is 1.85. The number of hydrogen-bond donors (Lipinski definition) is 2. The van der Waals surface area contributed by atoms with Crippen LogP contribution in [0, 0.1) is 6.92 Å². The lowest BCUT2D eigenvalue weighted by atomic mass is 9.97. The Labute approximate surface area is 148 Å². The molecule has 0 saturated heterocycles. The van der Waals surface area contributed by atoms with E-state index in [2.05, 4.69) is 15.1 Å². The van der Waals surface area contributed by atoms with Crippen LogP contribution in [-0.2, 0) is 0 Å². The van der Waals surface area contributed by atoms with E-state index in [1.165, 1.54) is 0 Å². The highest BCUT2D eigenvalue weighted by Crippen LogP contribution is 2.34. The molecule has 0 amide bonds. The second-order valence-electron chi connectivity index (χ2n) is 6.34. The molecule has 5 heteroatoms. The molecule has 2 N–H and O–H groups in total. The molecule has 0 aliphatic rings. The van der Waals surface area contributed by atoms with Gasteiger partial charge >= 0.3 is 0 Å². The molecule has 3 aromatic heterocycles. The van der Waals surface area contributed by atoms with E-state index in [9.17, 15) is 4.79 Å². The molecule has 0 aliphatic carbocycles. The zero-order valence-electron chi connectivity index (χ0n) is 14.0. The van der Waals surface area contributed by atoms with Gasteiger partial charge in [-0.05, 0) is 24.6 Å².